The molecule has 4 nitrogen and oxygen atoms in total. The van der Waals surface area contributed by atoms with E-state index >= 15 is 0 Å². The first-order valence-corrected chi connectivity index (χ1v) is 8.08. The lowest BCUT2D eigenvalue weighted by Gasteiger charge is -2.37. The number of hydrogen-bond acceptors (Lipinski definition) is 4. The minimum absolute atomic E-state index is 0.613. The second-order valence-electron chi connectivity index (χ2n) is 5.75. The maximum atomic E-state index is 5.47. The van der Waals surface area contributed by atoms with Gasteiger partial charge in [-0.25, -0.2) is 0 Å². The summed E-state index contributed by atoms with van der Waals surface area (Å²) < 4.78 is 5.47. The SMILES string of the molecule is CCNC(C)CCN1CCN(c2ccccc2OC)CC1. The summed E-state index contributed by atoms with van der Waals surface area (Å²) >= 11 is 0. The van der Waals surface area contributed by atoms with Crippen molar-refractivity contribution in [3.05, 3.63) is 24.3 Å². The van der Waals surface area contributed by atoms with Gasteiger partial charge in [-0.1, -0.05) is 19.1 Å². The Bertz CT molecular complexity index is 416. The van der Waals surface area contributed by atoms with E-state index in [9.17, 15) is 0 Å². The lowest BCUT2D eigenvalue weighted by atomic mass is 10.2. The van der Waals surface area contributed by atoms with Gasteiger partial charge in [0.05, 0.1) is 12.8 Å². The summed E-state index contributed by atoms with van der Waals surface area (Å²) in [6, 6.07) is 8.92. The molecule has 1 fully saturated rings. The number of benzene rings is 1. The van der Waals surface area contributed by atoms with E-state index in [2.05, 4.69) is 41.1 Å². The highest BCUT2D eigenvalue weighted by atomic mass is 16.5. The first kappa shape index (κ1) is 16.1. The Hall–Kier alpha value is -1.26. The summed E-state index contributed by atoms with van der Waals surface area (Å²) in [7, 11) is 1.75. The van der Waals surface area contributed by atoms with Crippen molar-refractivity contribution in [1.29, 1.82) is 0 Å². The minimum Gasteiger partial charge on any atom is -0.495 e. The van der Waals surface area contributed by atoms with Crippen molar-refractivity contribution in [2.24, 2.45) is 0 Å². The largest absolute Gasteiger partial charge is 0.495 e. The van der Waals surface area contributed by atoms with E-state index in [0.717, 1.165) is 38.5 Å². The number of ether oxygens (including phenoxy) is 1. The first-order chi connectivity index (χ1) is 10.2. The molecule has 1 aliphatic heterocycles. The molecule has 21 heavy (non-hydrogen) atoms. The fourth-order valence-corrected chi connectivity index (χ4v) is 2.93. The van der Waals surface area contributed by atoms with Gasteiger partial charge in [0.1, 0.15) is 5.75 Å². The van der Waals surface area contributed by atoms with E-state index in [1.807, 2.05) is 12.1 Å². The van der Waals surface area contributed by atoms with Gasteiger partial charge in [0.2, 0.25) is 0 Å². The number of hydrogen-bond donors (Lipinski definition) is 1. The van der Waals surface area contributed by atoms with Gasteiger partial charge in [-0.2, -0.15) is 0 Å². The molecule has 0 aliphatic carbocycles. The zero-order chi connectivity index (χ0) is 15.1. The monoisotopic (exact) mass is 291 g/mol. The molecule has 0 aromatic heterocycles. The van der Waals surface area contributed by atoms with Gasteiger partial charge >= 0.3 is 0 Å². The summed E-state index contributed by atoms with van der Waals surface area (Å²) in [4.78, 5) is 5.00. The summed E-state index contributed by atoms with van der Waals surface area (Å²) in [6.07, 6.45) is 1.22. The number of nitrogens with zero attached hydrogens (tertiary/aromatic N) is 2. The Morgan fingerprint density at radius 3 is 2.57 bits per heavy atom. The molecule has 118 valence electrons. The average Bonchev–Trinajstić information content (AvgIpc) is 2.54. The fourth-order valence-electron chi connectivity index (χ4n) is 2.93. The van der Waals surface area contributed by atoms with E-state index in [4.69, 9.17) is 4.74 Å². The van der Waals surface area contributed by atoms with Crippen molar-refractivity contribution in [3.8, 4) is 5.75 Å². The predicted octanol–water partition coefficient (Wildman–Crippen LogP) is 2.21. The Kier molecular flexibility index (Phi) is 6.33. The van der Waals surface area contributed by atoms with E-state index in [1.54, 1.807) is 7.11 Å². The molecule has 1 atom stereocenters. The third-order valence-corrected chi connectivity index (χ3v) is 4.23. The molecule has 0 bridgehead atoms. The quantitative estimate of drug-likeness (QED) is 0.833. The second kappa shape index (κ2) is 8.25. The second-order valence-corrected chi connectivity index (χ2v) is 5.75. The molecule has 1 unspecified atom stereocenters. The highest BCUT2D eigenvalue weighted by Crippen LogP contribution is 2.28. The smallest absolute Gasteiger partial charge is 0.142 e. The zero-order valence-corrected chi connectivity index (χ0v) is 13.6. The number of piperazine rings is 1. The van der Waals surface area contributed by atoms with Gasteiger partial charge < -0.3 is 15.0 Å². The van der Waals surface area contributed by atoms with Crippen molar-refractivity contribution < 1.29 is 4.74 Å². The summed E-state index contributed by atoms with van der Waals surface area (Å²) in [5, 5.41) is 3.48. The average molecular weight is 291 g/mol. The van der Waals surface area contributed by atoms with Crippen molar-refractivity contribution in [3.63, 3.8) is 0 Å². The summed E-state index contributed by atoms with van der Waals surface area (Å²) in [6.45, 7) is 11.1. The van der Waals surface area contributed by atoms with Crippen molar-refractivity contribution in [2.75, 3.05) is 51.3 Å². The Labute approximate surface area is 129 Å². The van der Waals surface area contributed by atoms with Crippen LogP contribution in [-0.4, -0.2) is 57.3 Å². The van der Waals surface area contributed by atoms with E-state index < -0.39 is 0 Å². The molecule has 0 saturated carbocycles. The van der Waals surface area contributed by atoms with Gasteiger partial charge in [0.25, 0.3) is 0 Å². The van der Waals surface area contributed by atoms with Gasteiger partial charge in [0.15, 0.2) is 0 Å². The van der Waals surface area contributed by atoms with Crippen LogP contribution >= 0.6 is 0 Å². The van der Waals surface area contributed by atoms with E-state index in [1.165, 1.54) is 18.7 Å². The van der Waals surface area contributed by atoms with Crippen LogP contribution in [0.1, 0.15) is 20.3 Å². The molecule has 0 spiro atoms. The van der Waals surface area contributed by atoms with Crippen LogP contribution in [-0.2, 0) is 0 Å². The molecule has 1 N–H and O–H groups in total. The first-order valence-electron chi connectivity index (χ1n) is 8.08. The molecule has 0 radical (unpaired) electrons. The Morgan fingerprint density at radius 2 is 1.90 bits per heavy atom. The van der Waals surface area contributed by atoms with Crippen LogP contribution in [0.2, 0.25) is 0 Å². The van der Waals surface area contributed by atoms with Crippen LogP contribution in [0.5, 0.6) is 5.75 Å². The minimum atomic E-state index is 0.613. The third kappa shape index (κ3) is 4.61. The molecule has 1 aliphatic rings. The van der Waals surface area contributed by atoms with Crippen LogP contribution in [0.25, 0.3) is 0 Å². The number of para-hydroxylation sites is 2. The van der Waals surface area contributed by atoms with E-state index in [0.29, 0.717) is 6.04 Å². The maximum absolute atomic E-state index is 5.47. The van der Waals surface area contributed by atoms with Crippen molar-refractivity contribution >= 4 is 5.69 Å². The molecule has 4 heteroatoms. The maximum Gasteiger partial charge on any atom is 0.142 e. The Balaban J connectivity index is 1.80. The predicted molar refractivity (Wildman–Crippen MR) is 89.4 cm³/mol. The van der Waals surface area contributed by atoms with Gasteiger partial charge in [0, 0.05) is 32.2 Å². The molecular weight excluding hydrogens is 262 g/mol. The topological polar surface area (TPSA) is 27.7 Å². The highest BCUT2D eigenvalue weighted by molar-refractivity contribution is 5.58. The molecule has 1 aromatic rings. The van der Waals surface area contributed by atoms with E-state index in [-0.39, 0.29) is 0 Å². The number of methoxy groups -OCH3 is 1. The molecule has 1 heterocycles. The summed E-state index contributed by atoms with van der Waals surface area (Å²) in [5.74, 6) is 0.978. The van der Waals surface area contributed by atoms with Crippen LogP contribution in [0.4, 0.5) is 5.69 Å². The number of rotatable bonds is 7. The lowest BCUT2D eigenvalue weighted by Crippen LogP contribution is -2.47. The molecule has 1 saturated heterocycles. The van der Waals surface area contributed by atoms with Crippen molar-refractivity contribution in [1.82, 2.24) is 10.2 Å². The molecule has 0 amide bonds. The Morgan fingerprint density at radius 1 is 1.19 bits per heavy atom. The molecule has 2 rings (SSSR count). The van der Waals surface area contributed by atoms with Crippen LogP contribution in [0.15, 0.2) is 24.3 Å². The van der Waals surface area contributed by atoms with Crippen LogP contribution in [0, 0.1) is 0 Å². The molecular formula is C17H29N3O. The zero-order valence-electron chi connectivity index (χ0n) is 13.6. The normalized spacial score (nSPS) is 17.8. The van der Waals surface area contributed by atoms with Crippen molar-refractivity contribution in [2.45, 2.75) is 26.3 Å². The number of anilines is 1. The lowest BCUT2D eigenvalue weighted by molar-refractivity contribution is 0.244. The van der Waals surface area contributed by atoms with Gasteiger partial charge in [-0.3, -0.25) is 4.90 Å². The van der Waals surface area contributed by atoms with Crippen LogP contribution in [0.3, 0.4) is 0 Å². The molecule has 1 aromatic carbocycles. The van der Waals surface area contributed by atoms with Crippen LogP contribution < -0.4 is 15.0 Å². The standard InChI is InChI=1S/C17H29N3O/c1-4-18-15(2)9-10-19-11-13-20(14-12-19)16-7-5-6-8-17(16)21-3/h5-8,15,18H,4,9-14H2,1-3H3. The number of nitrogens with one attached hydrogen (secondary N) is 1. The fraction of sp³-hybridized carbons (Fsp3) is 0.647. The summed E-state index contributed by atoms with van der Waals surface area (Å²) in [5.41, 5.74) is 1.22. The van der Waals surface area contributed by atoms with Gasteiger partial charge in [-0.15, -0.1) is 0 Å². The van der Waals surface area contributed by atoms with Gasteiger partial charge in [-0.05, 0) is 38.6 Å². The highest BCUT2D eigenvalue weighted by Gasteiger charge is 2.19. The third-order valence-electron chi connectivity index (χ3n) is 4.23.